The Kier molecular flexibility index (Phi) is 4.33. The summed E-state index contributed by atoms with van der Waals surface area (Å²) in [5, 5.41) is 8.69. The van der Waals surface area contributed by atoms with Crippen molar-refractivity contribution >= 4 is 5.91 Å². The first-order chi connectivity index (χ1) is 12.3. The van der Waals surface area contributed by atoms with Gasteiger partial charge in [0.1, 0.15) is 0 Å². The van der Waals surface area contributed by atoms with Crippen molar-refractivity contribution in [1.82, 2.24) is 24.5 Å². The van der Waals surface area contributed by atoms with Crippen LogP contribution < -0.4 is 0 Å². The Hall–Kier alpha value is -2.89. The molecule has 6 heteroatoms. The van der Waals surface area contributed by atoms with Gasteiger partial charge in [0.2, 0.25) is 5.91 Å². The van der Waals surface area contributed by atoms with Crippen LogP contribution in [0.1, 0.15) is 24.4 Å². The highest BCUT2D eigenvalue weighted by atomic mass is 16.2. The molecule has 1 aliphatic rings. The molecule has 6 nitrogen and oxygen atoms in total. The molecule has 3 heterocycles. The van der Waals surface area contributed by atoms with E-state index in [4.69, 9.17) is 0 Å². The Labute approximate surface area is 146 Å². The third-order valence-electron chi connectivity index (χ3n) is 4.66. The number of benzene rings is 1. The van der Waals surface area contributed by atoms with Crippen molar-refractivity contribution < 1.29 is 4.79 Å². The Morgan fingerprint density at radius 3 is 2.84 bits per heavy atom. The van der Waals surface area contributed by atoms with Crippen molar-refractivity contribution in [3.05, 3.63) is 66.7 Å². The van der Waals surface area contributed by atoms with Crippen LogP contribution in [-0.2, 0) is 11.2 Å². The van der Waals surface area contributed by atoms with Gasteiger partial charge in [0.15, 0.2) is 0 Å². The molecule has 1 atom stereocenters. The van der Waals surface area contributed by atoms with E-state index in [0.29, 0.717) is 6.42 Å². The standard InChI is InChI=1S/C19H21N5O/c25-19(22-10-4-8-18(15-22)23-11-5-9-20-23)12-16-13-21-24(14-16)17-6-2-1-3-7-17/h1-3,5-7,9,11,13-14,18H,4,8,10,12,15H2. The molecule has 1 fully saturated rings. The second-order valence-electron chi connectivity index (χ2n) is 6.43. The molecule has 0 saturated carbocycles. The second kappa shape index (κ2) is 6.93. The van der Waals surface area contributed by atoms with Gasteiger partial charge in [-0.3, -0.25) is 9.48 Å². The summed E-state index contributed by atoms with van der Waals surface area (Å²) in [6, 6.07) is 12.1. The van der Waals surface area contributed by atoms with E-state index in [2.05, 4.69) is 10.2 Å². The number of likely N-dealkylation sites (tertiary alicyclic amines) is 1. The van der Waals surface area contributed by atoms with Crippen LogP contribution in [0, 0.1) is 0 Å². The van der Waals surface area contributed by atoms with Crippen LogP contribution in [0.5, 0.6) is 0 Å². The van der Waals surface area contributed by atoms with E-state index in [1.165, 1.54) is 0 Å². The summed E-state index contributed by atoms with van der Waals surface area (Å²) in [4.78, 5) is 14.6. The minimum atomic E-state index is 0.157. The average molecular weight is 335 g/mol. The normalized spacial score (nSPS) is 17.6. The van der Waals surface area contributed by atoms with Gasteiger partial charge >= 0.3 is 0 Å². The lowest BCUT2D eigenvalue weighted by atomic mass is 10.1. The SMILES string of the molecule is O=C(Cc1cnn(-c2ccccc2)c1)N1CCCC(n2cccn2)C1. The molecule has 1 amide bonds. The Balaban J connectivity index is 1.41. The first kappa shape index (κ1) is 15.6. The summed E-state index contributed by atoms with van der Waals surface area (Å²) in [5.74, 6) is 0.157. The number of hydrogen-bond acceptors (Lipinski definition) is 3. The zero-order valence-corrected chi connectivity index (χ0v) is 14.0. The molecule has 0 spiro atoms. The lowest BCUT2D eigenvalue weighted by molar-refractivity contribution is -0.132. The maximum Gasteiger partial charge on any atom is 0.227 e. The monoisotopic (exact) mass is 335 g/mol. The summed E-state index contributed by atoms with van der Waals surface area (Å²) >= 11 is 0. The Morgan fingerprint density at radius 2 is 2.04 bits per heavy atom. The number of carbonyl (C=O) groups excluding carboxylic acids is 1. The molecular weight excluding hydrogens is 314 g/mol. The predicted octanol–water partition coefficient (Wildman–Crippen LogP) is 2.48. The van der Waals surface area contributed by atoms with Gasteiger partial charge in [0.25, 0.3) is 0 Å². The number of amides is 1. The summed E-state index contributed by atoms with van der Waals surface area (Å²) < 4.78 is 3.78. The number of nitrogens with zero attached hydrogens (tertiary/aromatic N) is 5. The highest BCUT2D eigenvalue weighted by molar-refractivity contribution is 5.78. The minimum absolute atomic E-state index is 0.157. The number of carbonyl (C=O) groups is 1. The molecule has 4 rings (SSSR count). The van der Waals surface area contributed by atoms with Crippen LogP contribution in [0.2, 0.25) is 0 Å². The number of aromatic nitrogens is 4. The first-order valence-corrected chi connectivity index (χ1v) is 8.65. The van der Waals surface area contributed by atoms with E-state index in [0.717, 1.165) is 37.2 Å². The van der Waals surface area contributed by atoms with Crippen molar-refractivity contribution in [3.8, 4) is 5.69 Å². The Bertz CT molecular complexity index is 825. The topological polar surface area (TPSA) is 56.0 Å². The van der Waals surface area contributed by atoms with E-state index >= 15 is 0 Å². The van der Waals surface area contributed by atoms with Gasteiger partial charge in [-0.15, -0.1) is 0 Å². The van der Waals surface area contributed by atoms with E-state index < -0.39 is 0 Å². The van der Waals surface area contributed by atoms with Crippen molar-refractivity contribution in [2.45, 2.75) is 25.3 Å². The highest BCUT2D eigenvalue weighted by Gasteiger charge is 2.25. The lowest BCUT2D eigenvalue weighted by Crippen LogP contribution is -2.41. The number of para-hydroxylation sites is 1. The third-order valence-corrected chi connectivity index (χ3v) is 4.66. The third kappa shape index (κ3) is 3.47. The molecule has 1 aliphatic heterocycles. The van der Waals surface area contributed by atoms with Gasteiger partial charge in [0.05, 0.1) is 24.3 Å². The molecule has 1 aromatic carbocycles. The molecule has 3 aromatic rings. The van der Waals surface area contributed by atoms with E-state index in [1.54, 1.807) is 12.4 Å². The summed E-state index contributed by atoms with van der Waals surface area (Å²) in [6.07, 6.45) is 9.94. The van der Waals surface area contributed by atoms with Gasteiger partial charge in [-0.1, -0.05) is 18.2 Å². The van der Waals surface area contributed by atoms with E-state index in [9.17, 15) is 4.79 Å². The smallest absolute Gasteiger partial charge is 0.227 e. The molecule has 0 N–H and O–H groups in total. The molecule has 0 aliphatic carbocycles. The van der Waals surface area contributed by atoms with Crippen LogP contribution in [0.15, 0.2) is 61.2 Å². The van der Waals surface area contributed by atoms with E-state index in [1.807, 2.05) is 63.1 Å². The molecule has 0 bridgehead atoms. The summed E-state index contributed by atoms with van der Waals surface area (Å²) in [7, 11) is 0. The molecule has 0 radical (unpaired) electrons. The second-order valence-corrected chi connectivity index (χ2v) is 6.43. The summed E-state index contributed by atoms with van der Waals surface area (Å²) in [5.41, 5.74) is 1.94. The largest absolute Gasteiger partial charge is 0.340 e. The fourth-order valence-corrected chi connectivity index (χ4v) is 3.35. The zero-order valence-electron chi connectivity index (χ0n) is 14.0. The summed E-state index contributed by atoms with van der Waals surface area (Å²) in [6.45, 7) is 1.55. The van der Waals surface area contributed by atoms with Crippen LogP contribution in [-0.4, -0.2) is 43.5 Å². The van der Waals surface area contributed by atoms with Crippen LogP contribution in [0.4, 0.5) is 0 Å². The number of hydrogen-bond donors (Lipinski definition) is 0. The maximum atomic E-state index is 12.7. The zero-order chi connectivity index (χ0) is 17.1. The van der Waals surface area contributed by atoms with Gasteiger partial charge < -0.3 is 4.90 Å². The molecular formula is C19H21N5O. The van der Waals surface area contributed by atoms with Crippen LogP contribution >= 0.6 is 0 Å². The van der Waals surface area contributed by atoms with Crippen molar-refractivity contribution in [3.63, 3.8) is 0 Å². The fraction of sp³-hybridized carbons (Fsp3) is 0.316. The molecule has 1 saturated heterocycles. The van der Waals surface area contributed by atoms with Gasteiger partial charge in [-0.05, 0) is 36.6 Å². The first-order valence-electron chi connectivity index (χ1n) is 8.65. The van der Waals surface area contributed by atoms with Gasteiger partial charge in [-0.2, -0.15) is 10.2 Å². The van der Waals surface area contributed by atoms with Crippen molar-refractivity contribution in [1.29, 1.82) is 0 Å². The molecule has 2 aromatic heterocycles. The molecule has 128 valence electrons. The van der Waals surface area contributed by atoms with Crippen LogP contribution in [0.3, 0.4) is 0 Å². The Morgan fingerprint density at radius 1 is 1.16 bits per heavy atom. The van der Waals surface area contributed by atoms with Gasteiger partial charge in [-0.25, -0.2) is 4.68 Å². The molecule has 1 unspecified atom stereocenters. The van der Waals surface area contributed by atoms with Crippen molar-refractivity contribution in [2.24, 2.45) is 0 Å². The molecule has 25 heavy (non-hydrogen) atoms. The highest BCUT2D eigenvalue weighted by Crippen LogP contribution is 2.21. The average Bonchev–Trinajstić information content (AvgIpc) is 3.35. The number of piperidine rings is 1. The quantitative estimate of drug-likeness (QED) is 0.736. The maximum absolute atomic E-state index is 12.7. The van der Waals surface area contributed by atoms with E-state index in [-0.39, 0.29) is 11.9 Å². The lowest BCUT2D eigenvalue weighted by Gasteiger charge is -2.32. The number of rotatable bonds is 4. The van der Waals surface area contributed by atoms with Gasteiger partial charge in [0, 0.05) is 31.7 Å². The fourth-order valence-electron chi connectivity index (χ4n) is 3.35. The van der Waals surface area contributed by atoms with Crippen LogP contribution in [0.25, 0.3) is 5.69 Å². The predicted molar refractivity (Wildman–Crippen MR) is 94.3 cm³/mol. The van der Waals surface area contributed by atoms with Crippen molar-refractivity contribution in [2.75, 3.05) is 13.1 Å². The minimum Gasteiger partial charge on any atom is -0.340 e.